The van der Waals surface area contributed by atoms with Gasteiger partial charge < -0.3 is 14.8 Å². The highest BCUT2D eigenvalue weighted by molar-refractivity contribution is 6.02. The Morgan fingerprint density at radius 3 is 2.52 bits per heavy atom. The molecule has 1 heterocycles. The van der Waals surface area contributed by atoms with Crippen LogP contribution in [0.15, 0.2) is 60.7 Å². The number of methoxy groups -OCH3 is 2. The average Bonchev–Trinajstić information content (AvgIpc) is 3.62. The van der Waals surface area contributed by atoms with Crippen molar-refractivity contribution >= 4 is 28.5 Å². The minimum absolute atomic E-state index is 0.0573. The number of hydrogen-bond donors (Lipinski definition) is 1. The zero-order valence-electron chi connectivity index (χ0n) is 23.4. The summed E-state index contributed by atoms with van der Waals surface area (Å²) in [6.45, 7) is 3.84. The fraction of sp³-hybridized carbons (Fsp3) is 0.355. The number of nitrogens with zero attached hydrogens (tertiary/aromatic N) is 4. The quantitative estimate of drug-likeness (QED) is 0.324. The molecule has 1 aliphatic carbocycles. The van der Waals surface area contributed by atoms with Gasteiger partial charge in [0.1, 0.15) is 29.6 Å². The SMILES string of the molecule is COc1ccc(OC)c(C(C(=O)NC2CCCC2)N(C(=O)Cn2nnc3ccccc32)c2ccc(C)cc2C)c1. The maximum absolute atomic E-state index is 14.4. The average molecular weight is 542 g/mol. The first-order chi connectivity index (χ1) is 19.4. The summed E-state index contributed by atoms with van der Waals surface area (Å²) in [6, 6.07) is 17.7. The van der Waals surface area contributed by atoms with Gasteiger partial charge in [-0.2, -0.15) is 0 Å². The molecule has 1 aliphatic rings. The standard InChI is InChI=1S/C31H35N5O4/c1-20-13-15-26(21(2)17-20)36(29(37)19-35-27-12-8-7-11-25(27)33-34-35)30(31(38)32-22-9-5-6-10-22)24-18-23(39-3)14-16-28(24)40-4/h7-8,11-18,22,30H,5-6,9-10,19H2,1-4H3,(H,32,38). The van der Waals surface area contributed by atoms with E-state index in [0.717, 1.165) is 42.3 Å². The van der Waals surface area contributed by atoms with Crippen LogP contribution < -0.4 is 19.7 Å². The molecular weight excluding hydrogens is 506 g/mol. The Bertz CT molecular complexity index is 1530. The van der Waals surface area contributed by atoms with Crippen LogP contribution in [0, 0.1) is 13.8 Å². The van der Waals surface area contributed by atoms with Crippen LogP contribution in [0.1, 0.15) is 48.4 Å². The Kier molecular flexibility index (Phi) is 8.00. The predicted molar refractivity (Wildman–Crippen MR) is 154 cm³/mol. The fourth-order valence-electron chi connectivity index (χ4n) is 5.53. The summed E-state index contributed by atoms with van der Waals surface area (Å²) < 4.78 is 12.8. The molecule has 40 heavy (non-hydrogen) atoms. The molecule has 1 N–H and O–H groups in total. The highest BCUT2D eigenvalue weighted by Crippen LogP contribution is 2.38. The molecule has 0 saturated heterocycles. The van der Waals surface area contributed by atoms with E-state index in [-0.39, 0.29) is 24.4 Å². The van der Waals surface area contributed by atoms with Gasteiger partial charge in [-0.05, 0) is 68.7 Å². The number of fused-ring (bicyclic) bond motifs is 1. The van der Waals surface area contributed by atoms with Crippen LogP contribution in [-0.4, -0.2) is 47.1 Å². The van der Waals surface area contributed by atoms with Crippen molar-refractivity contribution < 1.29 is 19.1 Å². The number of nitrogens with one attached hydrogen (secondary N) is 1. The Hall–Kier alpha value is -4.40. The Balaban J connectivity index is 1.66. The highest BCUT2D eigenvalue weighted by Gasteiger charge is 2.37. The van der Waals surface area contributed by atoms with E-state index in [1.54, 1.807) is 42.0 Å². The number of para-hydroxylation sites is 1. The van der Waals surface area contributed by atoms with Gasteiger partial charge in [-0.25, -0.2) is 4.68 Å². The number of anilines is 1. The molecule has 0 bridgehead atoms. The lowest BCUT2D eigenvalue weighted by Crippen LogP contribution is -2.47. The van der Waals surface area contributed by atoms with Crippen molar-refractivity contribution in [1.29, 1.82) is 0 Å². The molecule has 5 rings (SSSR count). The van der Waals surface area contributed by atoms with E-state index in [0.29, 0.717) is 28.3 Å². The number of aryl methyl sites for hydroxylation is 2. The highest BCUT2D eigenvalue weighted by atomic mass is 16.5. The Morgan fingerprint density at radius 2 is 1.80 bits per heavy atom. The molecule has 0 spiro atoms. The third-order valence-electron chi connectivity index (χ3n) is 7.53. The van der Waals surface area contributed by atoms with Crippen LogP contribution in [0.4, 0.5) is 5.69 Å². The van der Waals surface area contributed by atoms with Gasteiger partial charge in [-0.3, -0.25) is 14.5 Å². The molecule has 0 radical (unpaired) electrons. The normalized spacial score (nSPS) is 14.2. The van der Waals surface area contributed by atoms with Crippen LogP contribution in [0.25, 0.3) is 11.0 Å². The van der Waals surface area contributed by atoms with Crippen molar-refractivity contribution in [2.45, 2.75) is 58.2 Å². The van der Waals surface area contributed by atoms with Crippen molar-refractivity contribution in [2.75, 3.05) is 19.1 Å². The van der Waals surface area contributed by atoms with E-state index < -0.39 is 6.04 Å². The Labute approximate surface area is 234 Å². The van der Waals surface area contributed by atoms with Crippen molar-refractivity contribution in [3.8, 4) is 11.5 Å². The molecule has 9 heteroatoms. The predicted octanol–water partition coefficient (Wildman–Crippen LogP) is 4.90. The van der Waals surface area contributed by atoms with Gasteiger partial charge in [0.25, 0.3) is 0 Å². The van der Waals surface area contributed by atoms with E-state index in [1.165, 1.54) is 0 Å². The maximum atomic E-state index is 14.4. The van der Waals surface area contributed by atoms with Crippen LogP contribution in [0.2, 0.25) is 0 Å². The minimum atomic E-state index is -1.02. The van der Waals surface area contributed by atoms with E-state index in [1.807, 2.05) is 56.3 Å². The maximum Gasteiger partial charge on any atom is 0.249 e. The summed E-state index contributed by atoms with van der Waals surface area (Å²) in [6.07, 6.45) is 3.96. The van der Waals surface area contributed by atoms with Crippen molar-refractivity contribution in [3.05, 3.63) is 77.4 Å². The number of hydrogen-bond acceptors (Lipinski definition) is 6. The summed E-state index contributed by atoms with van der Waals surface area (Å²) in [5, 5.41) is 11.7. The number of carbonyl (C=O) groups is 2. The van der Waals surface area contributed by atoms with E-state index in [2.05, 4.69) is 15.6 Å². The van der Waals surface area contributed by atoms with Crippen LogP contribution in [0.3, 0.4) is 0 Å². The van der Waals surface area contributed by atoms with Gasteiger partial charge in [0.15, 0.2) is 0 Å². The lowest BCUT2D eigenvalue weighted by molar-refractivity contribution is -0.127. The molecule has 9 nitrogen and oxygen atoms in total. The zero-order chi connectivity index (χ0) is 28.2. The zero-order valence-corrected chi connectivity index (χ0v) is 23.4. The van der Waals surface area contributed by atoms with Crippen molar-refractivity contribution in [2.24, 2.45) is 0 Å². The molecule has 1 unspecified atom stereocenters. The van der Waals surface area contributed by atoms with Crippen LogP contribution in [0.5, 0.6) is 11.5 Å². The smallest absolute Gasteiger partial charge is 0.249 e. The van der Waals surface area contributed by atoms with Crippen molar-refractivity contribution in [1.82, 2.24) is 20.3 Å². The molecule has 1 atom stereocenters. The number of aromatic nitrogens is 3. The fourth-order valence-corrected chi connectivity index (χ4v) is 5.53. The van der Waals surface area contributed by atoms with Gasteiger partial charge in [0.2, 0.25) is 11.8 Å². The van der Waals surface area contributed by atoms with E-state index in [9.17, 15) is 9.59 Å². The number of ether oxygens (including phenoxy) is 2. The van der Waals surface area contributed by atoms with E-state index >= 15 is 0 Å². The molecule has 0 aliphatic heterocycles. The largest absolute Gasteiger partial charge is 0.497 e. The molecule has 1 fully saturated rings. The number of rotatable bonds is 9. The monoisotopic (exact) mass is 541 g/mol. The molecular formula is C31H35N5O4. The van der Waals surface area contributed by atoms with Gasteiger partial charge in [0.05, 0.1) is 19.7 Å². The first-order valence-corrected chi connectivity index (χ1v) is 13.6. The summed E-state index contributed by atoms with van der Waals surface area (Å²) >= 11 is 0. The second-order valence-electron chi connectivity index (χ2n) is 10.3. The van der Waals surface area contributed by atoms with Crippen molar-refractivity contribution in [3.63, 3.8) is 0 Å². The third-order valence-corrected chi connectivity index (χ3v) is 7.53. The summed E-state index contributed by atoms with van der Waals surface area (Å²) in [5.74, 6) is 0.472. The van der Waals surface area contributed by atoms with Gasteiger partial charge in [-0.1, -0.05) is 47.9 Å². The van der Waals surface area contributed by atoms with Gasteiger partial charge in [-0.15, -0.1) is 5.10 Å². The summed E-state index contributed by atoms with van der Waals surface area (Å²) in [4.78, 5) is 30.2. The minimum Gasteiger partial charge on any atom is -0.497 e. The topological polar surface area (TPSA) is 98.6 Å². The lowest BCUT2D eigenvalue weighted by Gasteiger charge is -2.34. The summed E-state index contributed by atoms with van der Waals surface area (Å²) in [7, 11) is 3.13. The first kappa shape index (κ1) is 27.2. The second kappa shape index (κ2) is 11.8. The molecule has 1 aromatic heterocycles. The molecule has 1 saturated carbocycles. The Morgan fingerprint density at radius 1 is 1.02 bits per heavy atom. The van der Waals surface area contributed by atoms with Crippen LogP contribution >= 0.6 is 0 Å². The molecule has 4 aromatic rings. The molecule has 208 valence electrons. The third kappa shape index (κ3) is 5.50. The molecule has 3 aromatic carbocycles. The van der Waals surface area contributed by atoms with Gasteiger partial charge in [0, 0.05) is 17.3 Å². The van der Waals surface area contributed by atoms with Crippen LogP contribution in [-0.2, 0) is 16.1 Å². The second-order valence-corrected chi connectivity index (χ2v) is 10.3. The number of carbonyl (C=O) groups excluding carboxylic acids is 2. The number of benzene rings is 3. The van der Waals surface area contributed by atoms with Gasteiger partial charge >= 0.3 is 0 Å². The molecule has 2 amide bonds. The number of amides is 2. The summed E-state index contributed by atoms with van der Waals surface area (Å²) in [5.41, 5.74) is 4.53. The first-order valence-electron chi connectivity index (χ1n) is 13.6. The lowest BCUT2D eigenvalue weighted by atomic mass is 9.99. The van der Waals surface area contributed by atoms with E-state index in [4.69, 9.17) is 9.47 Å².